The van der Waals surface area contributed by atoms with Crippen LogP contribution in [0.2, 0.25) is 0 Å². The maximum absolute atomic E-state index is 13.9. The zero-order valence-electron chi connectivity index (χ0n) is 22.6. The number of piperazine rings is 1. The number of amides is 1. The summed E-state index contributed by atoms with van der Waals surface area (Å²) in [5.41, 5.74) is 3.65. The quantitative estimate of drug-likeness (QED) is 0.332. The van der Waals surface area contributed by atoms with Crippen molar-refractivity contribution in [1.29, 1.82) is 0 Å². The molecule has 5 rings (SSSR count). The maximum atomic E-state index is 13.9. The lowest BCUT2D eigenvalue weighted by molar-refractivity contribution is 0.0737. The highest BCUT2D eigenvalue weighted by atomic mass is 16.5. The average molecular weight is 529 g/mol. The van der Waals surface area contributed by atoms with Crippen LogP contribution in [0.5, 0.6) is 23.0 Å². The van der Waals surface area contributed by atoms with Crippen molar-refractivity contribution in [2.45, 2.75) is 0 Å². The Morgan fingerprint density at radius 3 is 2.05 bits per heavy atom. The summed E-state index contributed by atoms with van der Waals surface area (Å²) in [7, 11) is 6.51. The van der Waals surface area contributed by atoms with Crippen molar-refractivity contribution < 1.29 is 23.7 Å². The van der Waals surface area contributed by atoms with Gasteiger partial charge in [0.25, 0.3) is 5.91 Å². The third kappa shape index (κ3) is 5.20. The number of carbonyl (C=O) groups is 1. The van der Waals surface area contributed by atoms with Crippen LogP contribution in [0.15, 0.2) is 72.8 Å². The van der Waals surface area contributed by atoms with E-state index in [0.717, 1.165) is 28.4 Å². The van der Waals surface area contributed by atoms with Gasteiger partial charge < -0.3 is 28.7 Å². The van der Waals surface area contributed by atoms with Gasteiger partial charge in [0.15, 0.2) is 0 Å². The lowest BCUT2D eigenvalue weighted by Gasteiger charge is -2.36. The fraction of sp³-hybridized carbons (Fsp3) is 0.267. The number of carbonyl (C=O) groups excluding carboxylic acids is 1. The molecule has 1 amide bonds. The van der Waals surface area contributed by atoms with E-state index in [-0.39, 0.29) is 5.91 Å². The summed E-state index contributed by atoms with van der Waals surface area (Å²) in [5.74, 6) is 2.75. The zero-order valence-corrected chi connectivity index (χ0v) is 22.6. The highest BCUT2D eigenvalue weighted by molar-refractivity contribution is 5.95. The molecule has 1 saturated heterocycles. The highest BCUT2D eigenvalue weighted by Crippen LogP contribution is 2.34. The van der Waals surface area contributed by atoms with Crippen molar-refractivity contribution in [2.24, 2.45) is 0 Å². The van der Waals surface area contributed by atoms with Crippen LogP contribution < -0.4 is 23.8 Å². The largest absolute Gasteiger partial charge is 0.497 e. The molecule has 2 heterocycles. The van der Waals surface area contributed by atoms with Gasteiger partial charge in [-0.25, -0.2) is 4.68 Å². The van der Waals surface area contributed by atoms with Gasteiger partial charge in [-0.2, -0.15) is 5.10 Å². The number of hydrogen-bond donors (Lipinski definition) is 0. The first-order chi connectivity index (χ1) is 19.1. The van der Waals surface area contributed by atoms with Crippen molar-refractivity contribution in [2.75, 3.05) is 59.5 Å². The smallest absolute Gasteiger partial charge is 0.272 e. The summed E-state index contributed by atoms with van der Waals surface area (Å²) in [6, 6.07) is 22.8. The predicted molar refractivity (Wildman–Crippen MR) is 150 cm³/mol. The highest BCUT2D eigenvalue weighted by Gasteiger charge is 2.28. The molecule has 4 aromatic rings. The van der Waals surface area contributed by atoms with Gasteiger partial charge in [0, 0.05) is 37.8 Å². The lowest BCUT2D eigenvalue weighted by Crippen LogP contribution is -2.49. The molecule has 9 nitrogen and oxygen atoms in total. The van der Waals surface area contributed by atoms with Gasteiger partial charge in [0.1, 0.15) is 28.7 Å². The fourth-order valence-electron chi connectivity index (χ4n) is 4.80. The van der Waals surface area contributed by atoms with Crippen LogP contribution in [0.1, 0.15) is 10.5 Å². The molecule has 0 bridgehead atoms. The fourth-order valence-corrected chi connectivity index (χ4v) is 4.80. The van der Waals surface area contributed by atoms with Crippen LogP contribution in [0, 0.1) is 0 Å². The minimum Gasteiger partial charge on any atom is -0.497 e. The van der Waals surface area contributed by atoms with Gasteiger partial charge in [-0.05, 0) is 54.6 Å². The minimum absolute atomic E-state index is 0.0864. The molecular formula is C30H32N4O5. The van der Waals surface area contributed by atoms with Crippen molar-refractivity contribution in [3.63, 3.8) is 0 Å². The van der Waals surface area contributed by atoms with E-state index in [2.05, 4.69) is 4.90 Å². The Morgan fingerprint density at radius 1 is 0.718 bits per heavy atom. The van der Waals surface area contributed by atoms with E-state index in [1.54, 1.807) is 39.2 Å². The van der Waals surface area contributed by atoms with Crippen LogP contribution in [-0.2, 0) is 0 Å². The summed E-state index contributed by atoms with van der Waals surface area (Å²) in [4.78, 5) is 18.0. The summed E-state index contributed by atoms with van der Waals surface area (Å²) in [5, 5.41) is 4.85. The number of benzene rings is 3. The molecule has 0 saturated carbocycles. The van der Waals surface area contributed by atoms with E-state index >= 15 is 0 Å². The molecule has 1 aliphatic heterocycles. The zero-order chi connectivity index (χ0) is 27.4. The summed E-state index contributed by atoms with van der Waals surface area (Å²) < 4.78 is 23.5. The maximum Gasteiger partial charge on any atom is 0.272 e. The topological polar surface area (TPSA) is 78.3 Å². The monoisotopic (exact) mass is 528 g/mol. The molecular weight excluding hydrogens is 496 g/mol. The van der Waals surface area contributed by atoms with Crippen LogP contribution in [-0.4, -0.2) is 75.2 Å². The Hall–Kier alpha value is -4.66. The summed E-state index contributed by atoms with van der Waals surface area (Å²) in [6.07, 6.45) is 0. The molecule has 1 fully saturated rings. The second kappa shape index (κ2) is 11.4. The van der Waals surface area contributed by atoms with E-state index in [9.17, 15) is 4.79 Å². The standard InChI is InChI=1S/C30H32N4O5/c1-36-22-11-9-21(10-12-22)34-27(20-25(31-34)24-14-13-23(37-2)19-29(24)39-4)30(35)33-17-15-32(16-18-33)26-7-5-6-8-28(26)38-3/h5-14,19-20H,15-18H2,1-4H3. The van der Waals surface area contributed by atoms with Crippen molar-refractivity contribution in [3.05, 3.63) is 78.5 Å². The SMILES string of the molecule is COc1ccc(-n2nc(-c3ccc(OC)cc3OC)cc2C(=O)N2CCN(c3ccccc3OC)CC2)cc1. The van der Waals surface area contributed by atoms with Gasteiger partial charge in [0.05, 0.1) is 45.5 Å². The molecule has 39 heavy (non-hydrogen) atoms. The number of aromatic nitrogens is 2. The third-order valence-corrected chi connectivity index (χ3v) is 6.92. The van der Waals surface area contributed by atoms with Crippen molar-refractivity contribution in [1.82, 2.24) is 14.7 Å². The molecule has 0 spiro atoms. The van der Waals surface area contributed by atoms with Gasteiger partial charge in [0.2, 0.25) is 0 Å². The normalized spacial score (nSPS) is 13.2. The summed E-state index contributed by atoms with van der Waals surface area (Å²) in [6.45, 7) is 2.54. The Balaban J connectivity index is 1.47. The first-order valence-corrected chi connectivity index (χ1v) is 12.7. The number of rotatable bonds is 8. The molecule has 202 valence electrons. The molecule has 0 aliphatic carbocycles. The van der Waals surface area contributed by atoms with Gasteiger partial charge >= 0.3 is 0 Å². The van der Waals surface area contributed by atoms with Crippen LogP contribution >= 0.6 is 0 Å². The van der Waals surface area contributed by atoms with Gasteiger partial charge in [-0.3, -0.25) is 4.79 Å². The first kappa shape index (κ1) is 26.0. The molecule has 1 aromatic heterocycles. The number of para-hydroxylation sites is 2. The number of hydrogen-bond acceptors (Lipinski definition) is 7. The molecule has 0 radical (unpaired) electrons. The van der Waals surface area contributed by atoms with E-state index in [0.29, 0.717) is 49.1 Å². The molecule has 1 aliphatic rings. The molecule has 9 heteroatoms. The Labute approximate surface area is 228 Å². The van der Waals surface area contributed by atoms with Crippen molar-refractivity contribution >= 4 is 11.6 Å². The van der Waals surface area contributed by atoms with Gasteiger partial charge in [-0.1, -0.05) is 12.1 Å². The average Bonchev–Trinajstić information content (AvgIpc) is 3.45. The Bertz CT molecular complexity index is 1440. The van der Waals surface area contributed by atoms with E-state index < -0.39 is 0 Å². The minimum atomic E-state index is -0.0864. The molecule has 0 unspecified atom stereocenters. The van der Waals surface area contributed by atoms with Crippen molar-refractivity contribution in [3.8, 4) is 39.9 Å². The Kier molecular flexibility index (Phi) is 7.58. The summed E-state index contributed by atoms with van der Waals surface area (Å²) >= 11 is 0. The second-order valence-electron chi connectivity index (χ2n) is 9.04. The lowest BCUT2D eigenvalue weighted by atomic mass is 10.1. The van der Waals surface area contributed by atoms with Gasteiger partial charge in [-0.15, -0.1) is 0 Å². The molecule has 0 atom stereocenters. The van der Waals surface area contributed by atoms with Crippen LogP contribution in [0.4, 0.5) is 5.69 Å². The van der Waals surface area contributed by atoms with E-state index in [1.807, 2.05) is 71.6 Å². The van der Waals surface area contributed by atoms with E-state index in [1.165, 1.54) is 0 Å². The third-order valence-electron chi connectivity index (χ3n) is 6.92. The van der Waals surface area contributed by atoms with Crippen LogP contribution in [0.3, 0.4) is 0 Å². The van der Waals surface area contributed by atoms with E-state index in [4.69, 9.17) is 24.0 Å². The molecule has 3 aromatic carbocycles. The second-order valence-corrected chi connectivity index (χ2v) is 9.04. The number of methoxy groups -OCH3 is 4. The number of nitrogens with zero attached hydrogens (tertiary/aromatic N) is 4. The number of anilines is 1. The first-order valence-electron chi connectivity index (χ1n) is 12.7. The molecule has 0 N–H and O–H groups in total. The Morgan fingerprint density at radius 2 is 1.38 bits per heavy atom. The van der Waals surface area contributed by atoms with Crippen LogP contribution in [0.25, 0.3) is 16.9 Å². The predicted octanol–water partition coefficient (Wildman–Crippen LogP) is 4.54. The number of ether oxygens (including phenoxy) is 4.